The van der Waals surface area contributed by atoms with Gasteiger partial charge in [-0.05, 0) is 11.4 Å². The molecular formula is C11H13N3OS. The second-order valence-electron chi connectivity index (χ2n) is 3.23. The molecule has 0 saturated carbocycles. The highest BCUT2D eigenvalue weighted by Crippen LogP contribution is 2.10. The lowest BCUT2D eigenvalue weighted by atomic mass is 10.4. The van der Waals surface area contributed by atoms with E-state index in [4.69, 9.17) is 10.5 Å². The van der Waals surface area contributed by atoms with Crippen LogP contribution in [0.25, 0.3) is 0 Å². The molecule has 2 aromatic heterocycles. The summed E-state index contributed by atoms with van der Waals surface area (Å²) in [5, 5.41) is 2.06. The Morgan fingerprint density at radius 1 is 1.38 bits per heavy atom. The van der Waals surface area contributed by atoms with Crippen molar-refractivity contribution in [1.29, 1.82) is 0 Å². The molecule has 0 aliphatic rings. The number of nitrogens with zero attached hydrogens (tertiary/aromatic N) is 2. The lowest BCUT2D eigenvalue weighted by Gasteiger charge is -2.04. The number of rotatable bonds is 5. The van der Waals surface area contributed by atoms with Crippen molar-refractivity contribution in [3.63, 3.8) is 0 Å². The van der Waals surface area contributed by atoms with Crippen LogP contribution < -0.4 is 10.5 Å². The van der Waals surface area contributed by atoms with Crippen LogP contribution in [0.3, 0.4) is 0 Å². The molecule has 0 saturated heterocycles. The Hall–Kier alpha value is -1.46. The molecule has 0 amide bonds. The first-order valence-corrected chi connectivity index (χ1v) is 5.92. The second kappa shape index (κ2) is 5.58. The number of thiophene rings is 1. The van der Waals surface area contributed by atoms with E-state index in [0.717, 1.165) is 12.1 Å². The van der Waals surface area contributed by atoms with E-state index in [2.05, 4.69) is 21.4 Å². The molecule has 2 rings (SSSR count). The van der Waals surface area contributed by atoms with Crippen molar-refractivity contribution in [3.05, 3.63) is 40.5 Å². The molecule has 84 valence electrons. The van der Waals surface area contributed by atoms with Gasteiger partial charge in [-0.3, -0.25) is 4.98 Å². The third kappa shape index (κ3) is 3.01. The Bertz CT molecular complexity index is 431. The van der Waals surface area contributed by atoms with Gasteiger partial charge >= 0.3 is 0 Å². The molecule has 0 bridgehead atoms. The lowest BCUT2D eigenvalue weighted by molar-refractivity contribution is 0.308. The molecule has 2 heterocycles. The summed E-state index contributed by atoms with van der Waals surface area (Å²) in [7, 11) is 0. The van der Waals surface area contributed by atoms with Crippen molar-refractivity contribution < 1.29 is 4.74 Å². The summed E-state index contributed by atoms with van der Waals surface area (Å²) in [5.74, 6) is 0.541. The maximum Gasteiger partial charge on any atom is 0.232 e. The minimum absolute atomic E-state index is 0.384. The Morgan fingerprint density at radius 3 is 3.06 bits per heavy atom. The Kier molecular flexibility index (Phi) is 3.85. The van der Waals surface area contributed by atoms with Crippen molar-refractivity contribution in [1.82, 2.24) is 9.97 Å². The average Bonchev–Trinajstić information content (AvgIpc) is 2.82. The lowest BCUT2D eigenvalue weighted by Crippen LogP contribution is -2.05. The number of ether oxygens (including phenoxy) is 1. The third-order valence-electron chi connectivity index (χ3n) is 2.05. The number of aromatic nitrogens is 2. The van der Waals surface area contributed by atoms with Crippen LogP contribution in [0.5, 0.6) is 5.88 Å². The molecule has 0 aliphatic carbocycles. The van der Waals surface area contributed by atoms with Crippen LogP contribution in [-0.2, 0) is 13.0 Å². The third-order valence-corrected chi connectivity index (χ3v) is 2.99. The summed E-state index contributed by atoms with van der Waals surface area (Å²) in [4.78, 5) is 9.52. The normalized spacial score (nSPS) is 10.3. The summed E-state index contributed by atoms with van der Waals surface area (Å²) in [6.45, 7) is 0.998. The van der Waals surface area contributed by atoms with Gasteiger partial charge in [-0.1, -0.05) is 6.07 Å². The van der Waals surface area contributed by atoms with Gasteiger partial charge in [0, 0.05) is 24.0 Å². The molecule has 0 radical (unpaired) electrons. The minimum atomic E-state index is 0.384. The van der Waals surface area contributed by atoms with Gasteiger partial charge in [0.1, 0.15) is 0 Å². The molecule has 0 spiro atoms. The molecule has 0 aromatic carbocycles. The van der Waals surface area contributed by atoms with Gasteiger partial charge in [0.2, 0.25) is 5.88 Å². The maximum absolute atomic E-state index is 5.50. The zero-order valence-electron chi connectivity index (χ0n) is 8.80. The van der Waals surface area contributed by atoms with Crippen LogP contribution in [0.2, 0.25) is 0 Å². The second-order valence-corrected chi connectivity index (χ2v) is 4.26. The zero-order valence-corrected chi connectivity index (χ0v) is 9.61. The van der Waals surface area contributed by atoms with Gasteiger partial charge < -0.3 is 10.5 Å². The van der Waals surface area contributed by atoms with E-state index in [1.54, 1.807) is 23.7 Å². The fourth-order valence-corrected chi connectivity index (χ4v) is 1.96. The molecule has 4 nitrogen and oxygen atoms in total. The van der Waals surface area contributed by atoms with Crippen molar-refractivity contribution in [2.45, 2.75) is 13.0 Å². The molecule has 0 atom stereocenters. The van der Waals surface area contributed by atoms with Crippen LogP contribution >= 0.6 is 11.3 Å². The molecular weight excluding hydrogens is 222 g/mol. The predicted molar refractivity (Wildman–Crippen MR) is 63.4 cm³/mol. The smallest absolute Gasteiger partial charge is 0.232 e. The van der Waals surface area contributed by atoms with E-state index in [-0.39, 0.29) is 0 Å². The Labute approximate surface area is 98.1 Å². The fraction of sp³-hybridized carbons (Fsp3) is 0.273. The summed E-state index contributed by atoms with van der Waals surface area (Å²) in [6.07, 6.45) is 4.14. The summed E-state index contributed by atoms with van der Waals surface area (Å²) in [5.41, 5.74) is 6.21. The standard InChI is InChI=1S/C11H13N3OS/c12-6-9-7-13-8-11(14-9)15-4-3-10-2-1-5-16-10/h1-2,5,7-8H,3-4,6,12H2. The largest absolute Gasteiger partial charge is 0.476 e. The van der Waals surface area contributed by atoms with E-state index in [1.807, 2.05) is 6.07 Å². The van der Waals surface area contributed by atoms with Gasteiger partial charge in [0.15, 0.2) is 0 Å². The highest BCUT2D eigenvalue weighted by atomic mass is 32.1. The van der Waals surface area contributed by atoms with Crippen molar-refractivity contribution in [2.24, 2.45) is 5.73 Å². The van der Waals surface area contributed by atoms with Crippen molar-refractivity contribution >= 4 is 11.3 Å². The van der Waals surface area contributed by atoms with Crippen LogP contribution in [0.15, 0.2) is 29.9 Å². The first-order valence-electron chi connectivity index (χ1n) is 5.04. The number of hydrogen-bond acceptors (Lipinski definition) is 5. The summed E-state index contributed by atoms with van der Waals surface area (Å²) in [6, 6.07) is 4.13. The molecule has 0 unspecified atom stereocenters. The fourth-order valence-electron chi connectivity index (χ4n) is 1.27. The van der Waals surface area contributed by atoms with Crippen LogP contribution in [0.4, 0.5) is 0 Å². The highest BCUT2D eigenvalue weighted by molar-refractivity contribution is 7.09. The molecule has 16 heavy (non-hydrogen) atoms. The molecule has 2 N–H and O–H groups in total. The molecule has 5 heteroatoms. The van der Waals surface area contributed by atoms with Crippen LogP contribution in [0, 0.1) is 0 Å². The average molecular weight is 235 g/mol. The molecule has 0 fully saturated rings. The SMILES string of the molecule is NCc1cncc(OCCc2cccs2)n1. The molecule has 0 aliphatic heterocycles. The highest BCUT2D eigenvalue weighted by Gasteiger charge is 1.99. The van der Waals surface area contributed by atoms with Crippen molar-refractivity contribution in [2.75, 3.05) is 6.61 Å². The van der Waals surface area contributed by atoms with Gasteiger partial charge in [-0.15, -0.1) is 11.3 Å². The van der Waals surface area contributed by atoms with Crippen LogP contribution in [-0.4, -0.2) is 16.6 Å². The van der Waals surface area contributed by atoms with Crippen LogP contribution in [0.1, 0.15) is 10.6 Å². The van der Waals surface area contributed by atoms with E-state index in [1.165, 1.54) is 4.88 Å². The van der Waals surface area contributed by atoms with E-state index < -0.39 is 0 Å². The number of hydrogen-bond donors (Lipinski definition) is 1. The van der Waals surface area contributed by atoms with Gasteiger partial charge in [0.05, 0.1) is 18.5 Å². The maximum atomic E-state index is 5.50. The quantitative estimate of drug-likeness (QED) is 0.855. The van der Waals surface area contributed by atoms with Crippen molar-refractivity contribution in [3.8, 4) is 5.88 Å². The first-order chi connectivity index (χ1) is 7.88. The van der Waals surface area contributed by atoms with E-state index >= 15 is 0 Å². The Balaban J connectivity index is 1.85. The topological polar surface area (TPSA) is 61.0 Å². The number of nitrogens with two attached hydrogens (primary N) is 1. The monoisotopic (exact) mass is 235 g/mol. The summed E-state index contributed by atoms with van der Waals surface area (Å²) >= 11 is 1.73. The van der Waals surface area contributed by atoms with E-state index in [9.17, 15) is 0 Å². The van der Waals surface area contributed by atoms with E-state index in [0.29, 0.717) is 19.0 Å². The van der Waals surface area contributed by atoms with Gasteiger partial charge in [0.25, 0.3) is 0 Å². The zero-order chi connectivity index (χ0) is 11.2. The summed E-state index contributed by atoms with van der Waals surface area (Å²) < 4.78 is 5.50. The Morgan fingerprint density at radius 2 is 2.31 bits per heavy atom. The van der Waals surface area contributed by atoms with Gasteiger partial charge in [-0.25, -0.2) is 4.98 Å². The molecule has 2 aromatic rings. The predicted octanol–water partition coefficient (Wildman–Crippen LogP) is 1.62. The first kappa shape index (κ1) is 11.0. The minimum Gasteiger partial charge on any atom is -0.476 e. The van der Waals surface area contributed by atoms with Gasteiger partial charge in [-0.2, -0.15) is 0 Å².